The fourth-order valence-electron chi connectivity index (χ4n) is 7.16. The fraction of sp³-hybridized carbons (Fsp3) is 0.571. The van der Waals surface area contributed by atoms with Crippen LogP contribution >= 0.6 is 0 Å². The van der Waals surface area contributed by atoms with Crippen LogP contribution in [-0.4, -0.2) is 59.3 Å². The molecule has 4 aliphatic rings. The largest absolute Gasteiger partial charge is 0.458 e. The summed E-state index contributed by atoms with van der Waals surface area (Å²) in [6.07, 6.45) is 2.62. The highest BCUT2D eigenvalue weighted by molar-refractivity contribution is 5.97. The Morgan fingerprint density at radius 1 is 1.26 bits per heavy atom. The Bertz CT molecular complexity index is 1260. The van der Waals surface area contributed by atoms with E-state index in [9.17, 15) is 29.9 Å². The number of rotatable bonds is 7. The van der Waals surface area contributed by atoms with Crippen molar-refractivity contribution in [3.05, 3.63) is 51.6 Å². The lowest BCUT2D eigenvalue weighted by Gasteiger charge is -2.60. The van der Waals surface area contributed by atoms with Gasteiger partial charge >= 0.3 is 11.9 Å². The van der Waals surface area contributed by atoms with Gasteiger partial charge in [-0.2, -0.15) is 0 Å². The smallest absolute Gasteiger partial charge is 0.345 e. The minimum Gasteiger partial charge on any atom is -0.458 e. The second-order valence-electron chi connectivity index (χ2n) is 11.4. The summed E-state index contributed by atoms with van der Waals surface area (Å²) >= 11 is 0. The monoisotopic (exact) mass is 543 g/mol. The summed E-state index contributed by atoms with van der Waals surface area (Å²) in [5, 5.41) is 32.9. The number of aliphatic hydroxyl groups excluding tert-OH is 2. The van der Waals surface area contributed by atoms with Gasteiger partial charge in [0.2, 0.25) is 6.79 Å². The Kier molecular flexibility index (Phi) is 6.92. The molecule has 0 saturated heterocycles. The molecule has 0 radical (unpaired) electrons. The zero-order valence-electron chi connectivity index (χ0n) is 22.0. The van der Waals surface area contributed by atoms with E-state index < -0.39 is 45.6 Å². The predicted molar refractivity (Wildman–Crippen MR) is 136 cm³/mol. The SMILES string of the molecule is C=C1CC[C@@H]2[C@](C)(CO)[C@H](O)CC[C@@]2(C)[C@@H]1CC(OC(=O)c1cc2c(cc1[N+](=O)[O-])OCO2)C1=CCOC1=O. The Morgan fingerprint density at radius 3 is 2.62 bits per heavy atom. The minimum absolute atomic E-state index is 0.0344. The molecule has 39 heavy (non-hydrogen) atoms. The maximum Gasteiger partial charge on any atom is 0.345 e. The molecule has 1 aromatic carbocycles. The molecule has 0 spiro atoms. The summed E-state index contributed by atoms with van der Waals surface area (Å²) in [5.74, 6) is -1.51. The number of nitro groups is 1. The Hall–Kier alpha value is -3.44. The summed E-state index contributed by atoms with van der Waals surface area (Å²) in [6.45, 7) is 8.06. The Balaban J connectivity index is 1.48. The van der Waals surface area contributed by atoms with Crippen molar-refractivity contribution < 1.29 is 43.7 Å². The van der Waals surface area contributed by atoms with Crippen LogP contribution in [0.1, 0.15) is 56.3 Å². The molecule has 0 aromatic heterocycles. The van der Waals surface area contributed by atoms with Crippen LogP contribution in [0.4, 0.5) is 5.69 Å². The van der Waals surface area contributed by atoms with E-state index in [1.807, 2.05) is 6.92 Å². The first kappa shape index (κ1) is 27.1. The van der Waals surface area contributed by atoms with Gasteiger partial charge in [0, 0.05) is 11.5 Å². The van der Waals surface area contributed by atoms with Gasteiger partial charge in [0.1, 0.15) is 18.3 Å². The van der Waals surface area contributed by atoms with Crippen molar-refractivity contribution in [2.45, 2.75) is 58.2 Å². The van der Waals surface area contributed by atoms with E-state index in [0.29, 0.717) is 19.3 Å². The predicted octanol–water partition coefficient (Wildman–Crippen LogP) is 3.46. The minimum atomic E-state index is -1.05. The molecular formula is C28H33NO10. The quantitative estimate of drug-likeness (QED) is 0.226. The lowest BCUT2D eigenvalue weighted by atomic mass is 9.46. The van der Waals surface area contributed by atoms with Crippen molar-refractivity contribution in [1.29, 1.82) is 0 Å². The molecule has 0 bridgehead atoms. The lowest BCUT2D eigenvalue weighted by Crippen LogP contribution is -2.57. The van der Waals surface area contributed by atoms with Crippen LogP contribution in [0.3, 0.4) is 0 Å². The molecular weight excluding hydrogens is 510 g/mol. The first-order valence-corrected chi connectivity index (χ1v) is 13.1. The summed E-state index contributed by atoms with van der Waals surface area (Å²) < 4.78 is 21.5. The summed E-state index contributed by atoms with van der Waals surface area (Å²) in [5.41, 5.74) is -0.818. The van der Waals surface area contributed by atoms with Crippen LogP contribution in [0.2, 0.25) is 0 Å². The number of allylic oxidation sites excluding steroid dienone is 1. The molecule has 6 atom stereocenters. The molecule has 11 heteroatoms. The fourth-order valence-corrected chi connectivity index (χ4v) is 7.16. The number of fused-ring (bicyclic) bond motifs is 2. The Morgan fingerprint density at radius 2 is 1.97 bits per heavy atom. The van der Waals surface area contributed by atoms with E-state index in [1.165, 1.54) is 6.07 Å². The van der Waals surface area contributed by atoms with Crippen LogP contribution in [0.25, 0.3) is 0 Å². The van der Waals surface area contributed by atoms with E-state index in [2.05, 4.69) is 13.5 Å². The molecule has 2 aliphatic carbocycles. The van der Waals surface area contributed by atoms with Gasteiger partial charge in [0.25, 0.3) is 5.69 Å². The maximum absolute atomic E-state index is 13.4. The molecule has 210 valence electrons. The van der Waals surface area contributed by atoms with Gasteiger partial charge in [-0.05, 0) is 55.4 Å². The highest BCUT2D eigenvalue weighted by atomic mass is 16.7. The molecule has 11 nitrogen and oxygen atoms in total. The van der Waals surface area contributed by atoms with E-state index in [-0.39, 0.29) is 60.9 Å². The highest BCUT2D eigenvalue weighted by Crippen LogP contribution is 2.62. The summed E-state index contributed by atoms with van der Waals surface area (Å²) in [7, 11) is 0. The van der Waals surface area contributed by atoms with Crippen molar-refractivity contribution in [2.24, 2.45) is 22.7 Å². The van der Waals surface area contributed by atoms with Gasteiger partial charge < -0.3 is 29.2 Å². The first-order chi connectivity index (χ1) is 18.5. The number of nitro benzene ring substituents is 1. The average molecular weight is 544 g/mol. The Labute approximate surface area is 225 Å². The van der Waals surface area contributed by atoms with Crippen LogP contribution in [0.5, 0.6) is 11.5 Å². The standard InChI is InChI=1S/C28H33NO10/c1-15-4-5-23-27(2,8-6-24(31)28(23,3)13-30)18(15)11-20(16-7-9-36-25(16)32)39-26(33)17-10-21-22(38-14-37-21)12-19(17)29(34)35/h7,10,12,18,20,23-24,30-31H,1,4-6,8-9,11,13-14H2,2-3H3/t18-,20?,23+,24-,27+,28+/m1/s1. The number of cyclic esters (lactones) is 1. The maximum atomic E-state index is 13.4. The molecule has 0 amide bonds. The highest BCUT2D eigenvalue weighted by Gasteiger charge is 2.58. The number of nitrogens with zero attached hydrogens (tertiary/aromatic N) is 1. The van der Waals surface area contributed by atoms with Crippen molar-refractivity contribution in [3.63, 3.8) is 0 Å². The topological polar surface area (TPSA) is 155 Å². The molecule has 2 heterocycles. The number of aliphatic hydroxyl groups is 2. The number of benzene rings is 1. The van der Waals surface area contributed by atoms with E-state index in [0.717, 1.165) is 18.1 Å². The number of carbonyl (C=O) groups is 2. The third kappa shape index (κ3) is 4.47. The number of esters is 2. The summed E-state index contributed by atoms with van der Waals surface area (Å²) in [6, 6.07) is 2.34. The van der Waals surface area contributed by atoms with Gasteiger partial charge in [0.05, 0.1) is 29.3 Å². The van der Waals surface area contributed by atoms with Crippen LogP contribution in [0.15, 0.2) is 35.9 Å². The van der Waals surface area contributed by atoms with Gasteiger partial charge in [0.15, 0.2) is 11.5 Å². The third-order valence-corrected chi connectivity index (χ3v) is 9.40. The van der Waals surface area contributed by atoms with Crippen LogP contribution < -0.4 is 9.47 Å². The second kappa shape index (κ2) is 9.95. The molecule has 2 saturated carbocycles. The van der Waals surface area contributed by atoms with Crippen molar-refractivity contribution >= 4 is 17.6 Å². The number of hydrogen-bond donors (Lipinski definition) is 2. The van der Waals surface area contributed by atoms with Crippen LogP contribution in [-0.2, 0) is 14.3 Å². The first-order valence-electron chi connectivity index (χ1n) is 13.1. The summed E-state index contributed by atoms with van der Waals surface area (Å²) in [4.78, 5) is 37.1. The van der Waals surface area contributed by atoms with E-state index in [4.69, 9.17) is 18.9 Å². The van der Waals surface area contributed by atoms with E-state index >= 15 is 0 Å². The number of ether oxygens (including phenoxy) is 4. The molecule has 5 rings (SSSR count). The van der Waals surface area contributed by atoms with Crippen molar-refractivity contribution in [1.82, 2.24) is 0 Å². The van der Waals surface area contributed by atoms with Gasteiger partial charge in [-0.25, -0.2) is 9.59 Å². The normalized spacial score (nSPS) is 32.2. The molecule has 2 fully saturated rings. The van der Waals surface area contributed by atoms with Crippen molar-refractivity contribution in [3.8, 4) is 11.5 Å². The second-order valence-corrected chi connectivity index (χ2v) is 11.4. The molecule has 2 aliphatic heterocycles. The molecule has 1 aromatic rings. The van der Waals surface area contributed by atoms with Gasteiger partial charge in [-0.1, -0.05) is 26.0 Å². The third-order valence-electron chi connectivity index (χ3n) is 9.40. The number of carbonyl (C=O) groups excluding carboxylic acids is 2. The molecule has 2 N–H and O–H groups in total. The van der Waals surface area contributed by atoms with Crippen LogP contribution in [0, 0.1) is 32.8 Å². The van der Waals surface area contributed by atoms with Gasteiger partial charge in [-0.3, -0.25) is 10.1 Å². The lowest BCUT2D eigenvalue weighted by molar-refractivity contribution is -0.385. The van der Waals surface area contributed by atoms with Gasteiger partial charge in [-0.15, -0.1) is 0 Å². The van der Waals surface area contributed by atoms with Crippen molar-refractivity contribution in [2.75, 3.05) is 20.0 Å². The average Bonchev–Trinajstić information content (AvgIpc) is 3.55. The number of hydrogen-bond acceptors (Lipinski definition) is 10. The molecule has 1 unspecified atom stereocenters. The zero-order chi connectivity index (χ0) is 28.1. The zero-order valence-corrected chi connectivity index (χ0v) is 22.0. The van der Waals surface area contributed by atoms with E-state index in [1.54, 1.807) is 6.08 Å².